The van der Waals surface area contributed by atoms with Crippen LogP contribution in [0.1, 0.15) is 16.9 Å². The second-order valence-corrected chi connectivity index (χ2v) is 3.92. The van der Waals surface area contributed by atoms with E-state index in [1.54, 1.807) is 18.3 Å². The molecule has 3 N–H and O–H groups in total. The number of carbonyl (C=O) groups excluding carboxylic acids is 1. The summed E-state index contributed by atoms with van der Waals surface area (Å²) in [5, 5.41) is 12.7. The Kier molecular flexibility index (Phi) is 4.15. The lowest BCUT2D eigenvalue weighted by molar-refractivity contribution is 0.0475. The first kappa shape index (κ1) is 13.1. The number of carbonyl (C=O) groups is 1. The fraction of sp³-hybridized carbons (Fsp3) is 0.231. The summed E-state index contributed by atoms with van der Waals surface area (Å²) in [4.78, 5) is 11.6. The van der Waals surface area contributed by atoms with Gasteiger partial charge in [-0.3, -0.25) is 0 Å². The highest BCUT2D eigenvalue weighted by Crippen LogP contribution is 2.15. The van der Waals surface area contributed by atoms with Crippen molar-refractivity contribution in [3.8, 4) is 5.69 Å². The van der Waals surface area contributed by atoms with E-state index in [-0.39, 0.29) is 18.9 Å². The van der Waals surface area contributed by atoms with Crippen LogP contribution in [0, 0.1) is 0 Å². The molecule has 19 heavy (non-hydrogen) atoms. The number of nitrogens with zero attached hydrogens (tertiary/aromatic N) is 2. The van der Waals surface area contributed by atoms with Gasteiger partial charge in [0.2, 0.25) is 0 Å². The van der Waals surface area contributed by atoms with Crippen molar-refractivity contribution >= 4 is 11.7 Å². The zero-order valence-electron chi connectivity index (χ0n) is 10.3. The van der Waals surface area contributed by atoms with Crippen molar-refractivity contribution in [2.75, 3.05) is 18.9 Å². The third kappa shape index (κ3) is 3.11. The summed E-state index contributed by atoms with van der Waals surface area (Å²) in [6, 6.07) is 8.80. The lowest BCUT2D eigenvalue weighted by Gasteiger charge is -2.04. The topological polar surface area (TPSA) is 90.4 Å². The number of para-hydroxylation sites is 2. The molecule has 0 spiro atoms. The molecule has 0 unspecified atom stereocenters. The van der Waals surface area contributed by atoms with Crippen molar-refractivity contribution in [2.45, 2.75) is 6.42 Å². The second kappa shape index (κ2) is 6.01. The third-order valence-electron chi connectivity index (χ3n) is 2.52. The van der Waals surface area contributed by atoms with Crippen LogP contribution in [0.2, 0.25) is 0 Å². The van der Waals surface area contributed by atoms with Gasteiger partial charge < -0.3 is 15.6 Å². The summed E-state index contributed by atoms with van der Waals surface area (Å²) in [6.07, 6.45) is 2.06. The van der Waals surface area contributed by atoms with Crippen molar-refractivity contribution < 1.29 is 14.6 Å². The number of hydrogen-bond donors (Lipinski definition) is 2. The van der Waals surface area contributed by atoms with E-state index in [2.05, 4.69) is 5.10 Å². The van der Waals surface area contributed by atoms with Gasteiger partial charge >= 0.3 is 5.97 Å². The highest BCUT2D eigenvalue weighted by Gasteiger charge is 2.12. The minimum absolute atomic E-state index is 0.0116. The maximum Gasteiger partial charge on any atom is 0.358 e. The van der Waals surface area contributed by atoms with Crippen LogP contribution in [-0.4, -0.2) is 34.1 Å². The lowest BCUT2D eigenvalue weighted by Crippen LogP contribution is -2.09. The van der Waals surface area contributed by atoms with Gasteiger partial charge in [0.1, 0.15) is 0 Å². The Balaban J connectivity index is 2.11. The predicted molar refractivity (Wildman–Crippen MR) is 70.0 cm³/mol. The van der Waals surface area contributed by atoms with Gasteiger partial charge in [-0.1, -0.05) is 12.1 Å². The maximum absolute atomic E-state index is 11.6. The fourth-order valence-electron chi connectivity index (χ4n) is 1.57. The molecule has 0 amide bonds. The second-order valence-electron chi connectivity index (χ2n) is 3.92. The molecule has 0 aliphatic carbocycles. The van der Waals surface area contributed by atoms with Gasteiger partial charge in [-0.05, 0) is 18.2 Å². The monoisotopic (exact) mass is 261 g/mol. The average Bonchev–Trinajstić information content (AvgIpc) is 2.89. The Bertz CT molecular complexity index is 566. The minimum Gasteiger partial charge on any atom is -0.461 e. The highest BCUT2D eigenvalue weighted by atomic mass is 16.5. The summed E-state index contributed by atoms with van der Waals surface area (Å²) in [5.74, 6) is -0.512. The van der Waals surface area contributed by atoms with Gasteiger partial charge in [-0.15, -0.1) is 0 Å². The molecule has 0 atom stereocenters. The van der Waals surface area contributed by atoms with Crippen molar-refractivity contribution in [2.24, 2.45) is 0 Å². The summed E-state index contributed by atoms with van der Waals surface area (Å²) in [7, 11) is 0. The summed E-state index contributed by atoms with van der Waals surface area (Å²) >= 11 is 0. The first-order chi connectivity index (χ1) is 9.22. The Morgan fingerprint density at radius 3 is 2.89 bits per heavy atom. The molecule has 2 aromatic rings. The largest absolute Gasteiger partial charge is 0.461 e. The van der Waals surface area contributed by atoms with E-state index in [1.165, 1.54) is 4.68 Å². The Hall–Kier alpha value is -2.34. The van der Waals surface area contributed by atoms with Crippen molar-refractivity contribution in [3.63, 3.8) is 0 Å². The molecule has 1 heterocycles. The molecule has 6 nitrogen and oxygen atoms in total. The summed E-state index contributed by atoms with van der Waals surface area (Å²) in [6.45, 7) is 0.165. The fourth-order valence-corrected chi connectivity index (χ4v) is 1.57. The molecule has 0 fully saturated rings. The summed E-state index contributed by atoms with van der Waals surface area (Å²) < 4.78 is 6.47. The molecule has 0 radical (unpaired) electrons. The van der Waals surface area contributed by atoms with Gasteiger partial charge in [-0.2, -0.15) is 5.10 Å². The molecule has 2 rings (SSSR count). The third-order valence-corrected chi connectivity index (χ3v) is 2.52. The van der Waals surface area contributed by atoms with Crippen LogP contribution >= 0.6 is 0 Å². The van der Waals surface area contributed by atoms with Gasteiger partial charge in [0.05, 0.1) is 18.0 Å². The number of aliphatic hydroxyl groups excluding tert-OH is 1. The molecule has 0 bridgehead atoms. The van der Waals surface area contributed by atoms with Crippen LogP contribution in [-0.2, 0) is 4.74 Å². The predicted octanol–water partition coefficient (Wildman–Crippen LogP) is 0.994. The number of rotatable bonds is 5. The number of nitrogens with two attached hydrogens (primary N) is 1. The molecule has 0 aliphatic heterocycles. The van der Waals surface area contributed by atoms with Gasteiger partial charge in [0.15, 0.2) is 5.69 Å². The van der Waals surface area contributed by atoms with Gasteiger partial charge in [0, 0.05) is 19.2 Å². The van der Waals surface area contributed by atoms with E-state index in [4.69, 9.17) is 15.6 Å². The first-order valence-electron chi connectivity index (χ1n) is 5.91. The van der Waals surface area contributed by atoms with E-state index in [0.29, 0.717) is 17.8 Å². The van der Waals surface area contributed by atoms with E-state index < -0.39 is 5.97 Å². The summed E-state index contributed by atoms with van der Waals surface area (Å²) in [5.41, 5.74) is 7.32. The first-order valence-corrected chi connectivity index (χ1v) is 5.91. The number of ether oxygens (including phenoxy) is 1. The van der Waals surface area contributed by atoms with Gasteiger partial charge in [0.25, 0.3) is 0 Å². The average molecular weight is 261 g/mol. The molecule has 6 heteroatoms. The molecule has 0 saturated carbocycles. The van der Waals surface area contributed by atoms with Gasteiger partial charge in [-0.25, -0.2) is 9.48 Å². The van der Waals surface area contributed by atoms with Crippen LogP contribution in [0.15, 0.2) is 36.5 Å². The molecular formula is C13H15N3O3. The number of anilines is 1. The van der Waals surface area contributed by atoms with Crippen LogP contribution in [0.4, 0.5) is 5.69 Å². The van der Waals surface area contributed by atoms with E-state index in [1.807, 2.05) is 18.2 Å². The SMILES string of the molecule is Nc1ccccc1-n1ccc(C(=O)OCCCO)n1. The standard InChI is InChI=1S/C13H15N3O3/c14-10-4-1-2-5-12(10)16-7-6-11(15-16)13(18)19-9-3-8-17/h1-2,4-7,17H,3,8-9,14H2. The van der Waals surface area contributed by atoms with E-state index in [0.717, 1.165) is 0 Å². The molecular weight excluding hydrogens is 246 g/mol. The quantitative estimate of drug-likeness (QED) is 0.476. The highest BCUT2D eigenvalue weighted by molar-refractivity contribution is 5.87. The number of esters is 1. The number of aliphatic hydroxyl groups is 1. The number of hydrogen-bond acceptors (Lipinski definition) is 5. The molecule has 100 valence electrons. The van der Waals surface area contributed by atoms with Crippen LogP contribution in [0.25, 0.3) is 5.69 Å². The van der Waals surface area contributed by atoms with Crippen molar-refractivity contribution in [3.05, 3.63) is 42.2 Å². The molecule has 1 aromatic carbocycles. The number of benzene rings is 1. The zero-order valence-corrected chi connectivity index (χ0v) is 10.3. The van der Waals surface area contributed by atoms with E-state index in [9.17, 15) is 4.79 Å². The molecule has 0 saturated heterocycles. The number of aromatic nitrogens is 2. The van der Waals surface area contributed by atoms with Crippen molar-refractivity contribution in [1.29, 1.82) is 0 Å². The Labute approximate surface area is 110 Å². The Morgan fingerprint density at radius 1 is 1.37 bits per heavy atom. The van der Waals surface area contributed by atoms with Crippen LogP contribution < -0.4 is 5.73 Å². The van der Waals surface area contributed by atoms with Crippen LogP contribution in [0.5, 0.6) is 0 Å². The minimum atomic E-state index is -0.512. The van der Waals surface area contributed by atoms with Crippen LogP contribution in [0.3, 0.4) is 0 Å². The molecule has 0 aliphatic rings. The normalized spacial score (nSPS) is 10.4. The van der Waals surface area contributed by atoms with E-state index >= 15 is 0 Å². The lowest BCUT2D eigenvalue weighted by atomic mass is 10.3. The maximum atomic E-state index is 11.6. The molecule has 1 aromatic heterocycles. The van der Waals surface area contributed by atoms with Crippen molar-refractivity contribution in [1.82, 2.24) is 9.78 Å². The zero-order chi connectivity index (χ0) is 13.7. The number of nitrogen functional groups attached to an aromatic ring is 1. The Morgan fingerprint density at radius 2 is 2.16 bits per heavy atom. The smallest absolute Gasteiger partial charge is 0.358 e.